The van der Waals surface area contributed by atoms with Crippen molar-refractivity contribution in [2.75, 3.05) is 6.54 Å². The van der Waals surface area contributed by atoms with Crippen molar-refractivity contribution in [3.63, 3.8) is 0 Å². The van der Waals surface area contributed by atoms with Gasteiger partial charge in [-0.2, -0.15) is 0 Å². The molecule has 1 saturated carbocycles. The van der Waals surface area contributed by atoms with Crippen LogP contribution in [0.5, 0.6) is 0 Å². The molecule has 0 amide bonds. The van der Waals surface area contributed by atoms with E-state index in [0.717, 1.165) is 18.9 Å². The van der Waals surface area contributed by atoms with E-state index in [1.54, 1.807) is 0 Å². The number of hydrogen-bond acceptors (Lipinski definition) is 2. The van der Waals surface area contributed by atoms with E-state index >= 15 is 0 Å². The summed E-state index contributed by atoms with van der Waals surface area (Å²) in [6.45, 7) is 2.56. The summed E-state index contributed by atoms with van der Waals surface area (Å²) in [5.41, 5.74) is 6.30. The highest BCUT2D eigenvalue weighted by molar-refractivity contribution is 5.22. The lowest BCUT2D eigenvalue weighted by Gasteiger charge is -2.22. The van der Waals surface area contributed by atoms with Crippen LogP contribution in [-0.4, -0.2) is 12.6 Å². The molecule has 0 spiro atoms. The summed E-state index contributed by atoms with van der Waals surface area (Å²) in [7, 11) is 0. The molecule has 1 aliphatic rings. The van der Waals surface area contributed by atoms with E-state index in [0.29, 0.717) is 24.1 Å². The Balaban J connectivity index is 2.07. The van der Waals surface area contributed by atoms with Gasteiger partial charge < -0.3 is 11.1 Å². The molecule has 1 fully saturated rings. The molecule has 1 aliphatic carbocycles. The molecule has 18 heavy (non-hydrogen) atoms. The van der Waals surface area contributed by atoms with Crippen molar-refractivity contribution in [3.8, 4) is 0 Å². The largest absolute Gasteiger partial charge is 0.329 e. The summed E-state index contributed by atoms with van der Waals surface area (Å²) in [4.78, 5) is 0. The Kier molecular flexibility index (Phi) is 4.30. The van der Waals surface area contributed by atoms with Crippen LogP contribution < -0.4 is 11.1 Å². The Bertz CT molecular complexity index is 389. The second-order valence-electron chi connectivity index (χ2n) is 5.27. The highest BCUT2D eigenvalue weighted by Gasteiger charge is 2.24. The van der Waals surface area contributed by atoms with E-state index in [4.69, 9.17) is 5.73 Å². The summed E-state index contributed by atoms with van der Waals surface area (Å²) in [6, 6.07) is 3.82. The standard InChI is InChI=1S/C14H20F2N2/c1-9-2-3-13(4-9)18-14(8-17)10-5-11(15)7-12(16)6-10/h5-7,9,13-14,18H,2-4,8,17H2,1H3. The van der Waals surface area contributed by atoms with Gasteiger partial charge in [0.25, 0.3) is 0 Å². The van der Waals surface area contributed by atoms with Crippen molar-refractivity contribution in [2.24, 2.45) is 11.7 Å². The molecule has 1 aromatic carbocycles. The van der Waals surface area contributed by atoms with Crippen LogP contribution in [0, 0.1) is 17.6 Å². The minimum atomic E-state index is -0.551. The predicted octanol–water partition coefficient (Wildman–Crippen LogP) is 2.74. The molecule has 2 nitrogen and oxygen atoms in total. The minimum absolute atomic E-state index is 0.175. The van der Waals surface area contributed by atoms with Crippen molar-refractivity contribution >= 4 is 0 Å². The van der Waals surface area contributed by atoms with Gasteiger partial charge >= 0.3 is 0 Å². The van der Waals surface area contributed by atoms with Gasteiger partial charge in [-0.3, -0.25) is 0 Å². The molecule has 0 bridgehead atoms. The van der Waals surface area contributed by atoms with Gasteiger partial charge in [0.05, 0.1) is 0 Å². The van der Waals surface area contributed by atoms with Gasteiger partial charge in [-0.15, -0.1) is 0 Å². The molecule has 0 aliphatic heterocycles. The normalized spacial score (nSPS) is 25.3. The average molecular weight is 254 g/mol. The maximum atomic E-state index is 13.2. The van der Waals surface area contributed by atoms with Crippen LogP contribution in [0.15, 0.2) is 18.2 Å². The molecule has 1 aromatic rings. The maximum Gasteiger partial charge on any atom is 0.126 e. The lowest BCUT2D eigenvalue weighted by molar-refractivity contribution is 0.431. The van der Waals surface area contributed by atoms with E-state index in [9.17, 15) is 8.78 Å². The summed E-state index contributed by atoms with van der Waals surface area (Å²) < 4.78 is 26.4. The van der Waals surface area contributed by atoms with Gasteiger partial charge in [-0.05, 0) is 42.9 Å². The van der Waals surface area contributed by atoms with E-state index < -0.39 is 11.6 Å². The molecule has 3 unspecified atom stereocenters. The highest BCUT2D eigenvalue weighted by Crippen LogP contribution is 2.27. The summed E-state index contributed by atoms with van der Waals surface area (Å²) in [5, 5.41) is 3.41. The highest BCUT2D eigenvalue weighted by atomic mass is 19.1. The summed E-state index contributed by atoms with van der Waals surface area (Å²) in [6.07, 6.45) is 3.41. The Labute approximate surface area is 107 Å². The van der Waals surface area contributed by atoms with Gasteiger partial charge in [-0.1, -0.05) is 6.92 Å². The van der Waals surface area contributed by atoms with Crippen molar-refractivity contribution in [1.29, 1.82) is 0 Å². The Morgan fingerprint density at radius 3 is 2.44 bits per heavy atom. The lowest BCUT2D eigenvalue weighted by Crippen LogP contribution is -2.35. The molecule has 3 atom stereocenters. The Morgan fingerprint density at radius 2 is 1.94 bits per heavy atom. The van der Waals surface area contributed by atoms with Gasteiger partial charge in [0, 0.05) is 24.7 Å². The van der Waals surface area contributed by atoms with Gasteiger partial charge in [0.1, 0.15) is 11.6 Å². The minimum Gasteiger partial charge on any atom is -0.329 e. The first-order valence-corrected chi connectivity index (χ1v) is 6.50. The van der Waals surface area contributed by atoms with E-state index in [1.807, 2.05) is 0 Å². The first-order valence-electron chi connectivity index (χ1n) is 6.50. The maximum absolute atomic E-state index is 13.2. The van der Waals surface area contributed by atoms with Gasteiger partial charge in [0.2, 0.25) is 0 Å². The van der Waals surface area contributed by atoms with Gasteiger partial charge in [-0.25, -0.2) is 8.78 Å². The van der Waals surface area contributed by atoms with Crippen molar-refractivity contribution in [3.05, 3.63) is 35.4 Å². The molecule has 0 radical (unpaired) electrons. The molecule has 3 N–H and O–H groups in total. The molecule has 4 heteroatoms. The van der Waals surface area contributed by atoms with Crippen molar-refractivity contribution in [2.45, 2.75) is 38.3 Å². The number of hydrogen-bond donors (Lipinski definition) is 2. The third-order valence-electron chi connectivity index (χ3n) is 3.65. The summed E-state index contributed by atoms with van der Waals surface area (Å²) in [5.74, 6) is -0.389. The fourth-order valence-electron chi connectivity index (χ4n) is 2.72. The molecule has 0 aromatic heterocycles. The number of nitrogens with one attached hydrogen (secondary N) is 1. The first kappa shape index (κ1) is 13.4. The second-order valence-corrected chi connectivity index (χ2v) is 5.27. The number of halogens is 2. The topological polar surface area (TPSA) is 38.0 Å². The number of rotatable bonds is 4. The first-order chi connectivity index (χ1) is 8.58. The monoisotopic (exact) mass is 254 g/mol. The van der Waals surface area contributed by atoms with Crippen LogP contribution in [0.1, 0.15) is 37.8 Å². The Hall–Kier alpha value is -1.00. The average Bonchev–Trinajstić information content (AvgIpc) is 2.70. The van der Waals surface area contributed by atoms with Crippen LogP contribution in [-0.2, 0) is 0 Å². The predicted molar refractivity (Wildman–Crippen MR) is 68.1 cm³/mol. The van der Waals surface area contributed by atoms with Crippen LogP contribution in [0.25, 0.3) is 0 Å². The van der Waals surface area contributed by atoms with Crippen LogP contribution >= 0.6 is 0 Å². The summed E-state index contributed by atoms with van der Waals surface area (Å²) >= 11 is 0. The van der Waals surface area contributed by atoms with Crippen molar-refractivity contribution in [1.82, 2.24) is 5.32 Å². The molecule has 2 rings (SSSR count). The zero-order valence-electron chi connectivity index (χ0n) is 10.6. The third kappa shape index (κ3) is 3.27. The molecule has 100 valence electrons. The molecular weight excluding hydrogens is 234 g/mol. The third-order valence-corrected chi connectivity index (χ3v) is 3.65. The van der Waals surface area contributed by atoms with E-state index in [-0.39, 0.29) is 6.04 Å². The number of benzene rings is 1. The second kappa shape index (κ2) is 5.76. The molecule has 0 heterocycles. The van der Waals surface area contributed by atoms with Crippen LogP contribution in [0.4, 0.5) is 8.78 Å². The van der Waals surface area contributed by atoms with Gasteiger partial charge in [0.15, 0.2) is 0 Å². The van der Waals surface area contributed by atoms with Crippen LogP contribution in [0.2, 0.25) is 0 Å². The molecule has 0 saturated heterocycles. The fraction of sp³-hybridized carbons (Fsp3) is 0.571. The zero-order chi connectivity index (χ0) is 13.1. The fourth-order valence-corrected chi connectivity index (χ4v) is 2.72. The van der Waals surface area contributed by atoms with E-state index in [2.05, 4.69) is 12.2 Å². The lowest BCUT2D eigenvalue weighted by atomic mass is 10.0. The van der Waals surface area contributed by atoms with E-state index in [1.165, 1.54) is 18.6 Å². The van der Waals surface area contributed by atoms with Crippen molar-refractivity contribution < 1.29 is 8.78 Å². The molecular formula is C14H20F2N2. The zero-order valence-corrected chi connectivity index (χ0v) is 10.6. The quantitative estimate of drug-likeness (QED) is 0.867. The SMILES string of the molecule is CC1CCC(NC(CN)c2cc(F)cc(F)c2)C1. The van der Waals surface area contributed by atoms with Crippen LogP contribution in [0.3, 0.4) is 0 Å². The smallest absolute Gasteiger partial charge is 0.126 e. The Morgan fingerprint density at radius 1 is 1.28 bits per heavy atom. The number of nitrogens with two attached hydrogens (primary N) is 1.